The number of hydrogen-bond donors (Lipinski definition) is 2. The van der Waals surface area contributed by atoms with Gasteiger partial charge in [-0.05, 0) is 36.8 Å². The van der Waals surface area contributed by atoms with Crippen molar-refractivity contribution in [1.29, 1.82) is 0 Å². The van der Waals surface area contributed by atoms with Crippen molar-refractivity contribution >= 4 is 23.4 Å². The molecule has 0 bridgehead atoms. The van der Waals surface area contributed by atoms with E-state index in [0.717, 1.165) is 11.1 Å². The van der Waals surface area contributed by atoms with Crippen LogP contribution in [-0.4, -0.2) is 34.2 Å². The van der Waals surface area contributed by atoms with Gasteiger partial charge in [-0.3, -0.25) is 14.4 Å². The number of likely N-dealkylation sites (tertiary alicyclic amines) is 1. The second-order valence-corrected chi connectivity index (χ2v) is 8.03. The molecule has 1 aromatic heterocycles. The number of nitrogens with one attached hydrogen (secondary N) is 1. The van der Waals surface area contributed by atoms with E-state index in [1.165, 1.54) is 12.3 Å². The summed E-state index contributed by atoms with van der Waals surface area (Å²) in [4.78, 5) is 42.3. The number of benzene rings is 2. The monoisotopic (exact) mass is 444 g/mol. The van der Waals surface area contributed by atoms with Gasteiger partial charge in [-0.2, -0.15) is 0 Å². The minimum atomic E-state index is -0.547. The summed E-state index contributed by atoms with van der Waals surface area (Å²) in [7, 11) is 0. The standard InChI is InChI=1S/C25H24N4O4/c1-16-5-7-17(8-6-16)14-29-15-19(12-23(29)30)25(32)28-20-9-10-22(27-13-20)33-21-4-2-3-18(11-21)24(26)31/h2-11,13,19H,12,14-15H2,1H3,(H2,26,31)(H,28,32). The van der Waals surface area contributed by atoms with Crippen molar-refractivity contribution in [3.05, 3.63) is 83.6 Å². The molecule has 2 aromatic carbocycles. The molecule has 0 radical (unpaired) electrons. The van der Waals surface area contributed by atoms with Gasteiger partial charge >= 0.3 is 0 Å². The molecule has 1 saturated heterocycles. The number of anilines is 1. The number of primary amides is 1. The Morgan fingerprint density at radius 2 is 1.94 bits per heavy atom. The van der Waals surface area contributed by atoms with E-state index in [4.69, 9.17) is 10.5 Å². The van der Waals surface area contributed by atoms with Crippen LogP contribution < -0.4 is 15.8 Å². The first-order chi connectivity index (χ1) is 15.9. The van der Waals surface area contributed by atoms with E-state index in [9.17, 15) is 14.4 Å². The van der Waals surface area contributed by atoms with Crippen LogP contribution >= 0.6 is 0 Å². The number of aromatic nitrogens is 1. The number of rotatable bonds is 7. The first kappa shape index (κ1) is 22.0. The van der Waals surface area contributed by atoms with Gasteiger partial charge in [0.1, 0.15) is 5.75 Å². The van der Waals surface area contributed by atoms with Gasteiger partial charge in [0.05, 0.1) is 17.8 Å². The van der Waals surface area contributed by atoms with Crippen molar-refractivity contribution in [2.75, 3.05) is 11.9 Å². The van der Waals surface area contributed by atoms with E-state index >= 15 is 0 Å². The van der Waals surface area contributed by atoms with Crippen LogP contribution in [0.2, 0.25) is 0 Å². The van der Waals surface area contributed by atoms with Gasteiger partial charge in [0.15, 0.2) is 0 Å². The van der Waals surface area contributed by atoms with Crippen molar-refractivity contribution in [1.82, 2.24) is 9.88 Å². The summed E-state index contributed by atoms with van der Waals surface area (Å²) in [5.74, 6) is -0.497. The highest BCUT2D eigenvalue weighted by molar-refractivity contribution is 5.97. The van der Waals surface area contributed by atoms with Gasteiger partial charge in [0, 0.05) is 31.1 Å². The fraction of sp³-hybridized carbons (Fsp3) is 0.200. The zero-order valence-corrected chi connectivity index (χ0v) is 18.2. The molecule has 0 spiro atoms. The van der Waals surface area contributed by atoms with Crippen LogP contribution in [0.15, 0.2) is 66.9 Å². The number of ether oxygens (including phenoxy) is 1. The van der Waals surface area contributed by atoms with Gasteiger partial charge < -0.3 is 20.7 Å². The molecule has 3 aromatic rings. The number of aryl methyl sites for hydroxylation is 1. The molecule has 3 N–H and O–H groups in total. The zero-order chi connectivity index (χ0) is 23.4. The maximum Gasteiger partial charge on any atom is 0.248 e. The largest absolute Gasteiger partial charge is 0.439 e. The van der Waals surface area contributed by atoms with Crippen LogP contribution in [0.3, 0.4) is 0 Å². The molecule has 1 aliphatic heterocycles. The Bertz CT molecular complexity index is 1180. The zero-order valence-electron chi connectivity index (χ0n) is 18.2. The van der Waals surface area contributed by atoms with Crippen LogP contribution in [0.1, 0.15) is 27.9 Å². The SMILES string of the molecule is Cc1ccc(CN2CC(C(=O)Nc3ccc(Oc4cccc(C(N)=O)c4)nc3)CC2=O)cc1. The molecule has 2 heterocycles. The lowest BCUT2D eigenvalue weighted by Gasteiger charge is -2.17. The second-order valence-electron chi connectivity index (χ2n) is 8.03. The van der Waals surface area contributed by atoms with Gasteiger partial charge in [0.25, 0.3) is 0 Å². The Balaban J connectivity index is 1.33. The van der Waals surface area contributed by atoms with E-state index in [1.807, 2.05) is 31.2 Å². The molecular formula is C25H24N4O4. The Kier molecular flexibility index (Phi) is 6.35. The maximum absolute atomic E-state index is 12.7. The van der Waals surface area contributed by atoms with Crippen molar-refractivity contribution in [2.45, 2.75) is 19.9 Å². The molecule has 0 aliphatic carbocycles. The van der Waals surface area contributed by atoms with E-state index in [0.29, 0.717) is 36.0 Å². The summed E-state index contributed by atoms with van der Waals surface area (Å²) in [5, 5.41) is 2.81. The van der Waals surface area contributed by atoms with Crippen LogP contribution in [0.25, 0.3) is 0 Å². The van der Waals surface area contributed by atoms with Crippen molar-refractivity contribution in [3.8, 4) is 11.6 Å². The van der Waals surface area contributed by atoms with Gasteiger partial charge in [-0.15, -0.1) is 0 Å². The third-order valence-corrected chi connectivity index (χ3v) is 5.42. The highest BCUT2D eigenvalue weighted by Gasteiger charge is 2.34. The molecule has 8 nitrogen and oxygen atoms in total. The smallest absolute Gasteiger partial charge is 0.248 e. The number of pyridine rings is 1. The normalized spacial score (nSPS) is 15.4. The highest BCUT2D eigenvalue weighted by Crippen LogP contribution is 2.24. The lowest BCUT2D eigenvalue weighted by Crippen LogP contribution is -2.28. The fourth-order valence-electron chi connectivity index (χ4n) is 3.61. The Labute approximate surface area is 191 Å². The topological polar surface area (TPSA) is 115 Å². The predicted molar refractivity (Wildman–Crippen MR) is 123 cm³/mol. The number of hydrogen-bond acceptors (Lipinski definition) is 5. The lowest BCUT2D eigenvalue weighted by molar-refractivity contribution is -0.128. The van der Waals surface area contributed by atoms with E-state index < -0.39 is 11.8 Å². The molecule has 3 amide bonds. The maximum atomic E-state index is 12.7. The Morgan fingerprint density at radius 3 is 2.64 bits per heavy atom. The predicted octanol–water partition coefficient (Wildman–Crippen LogP) is 3.27. The van der Waals surface area contributed by atoms with E-state index in [1.54, 1.807) is 35.2 Å². The summed E-state index contributed by atoms with van der Waals surface area (Å²) < 4.78 is 5.64. The molecule has 33 heavy (non-hydrogen) atoms. The second kappa shape index (κ2) is 9.52. The first-order valence-electron chi connectivity index (χ1n) is 10.6. The van der Waals surface area contributed by atoms with E-state index in [-0.39, 0.29) is 18.2 Å². The quantitative estimate of drug-likeness (QED) is 0.580. The van der Waals surface area contributed by atoms with Crippen LogP contribution in [-0.2, 0) is 16.1 Å². The van der Waals surface area contributed by atoms with Gasteiger partial charge in [-0.1, -0.05) is 35.9 Å². The molecule has 1 atom stereocenters. The Hall–Kier alpha value is -4.20. The lowest BCUT2D eigenvalue weighted by atomic mass is 10.1. The molecule has 1 fully saturated rings. The summed E-state index contributed by atoms with van der Waals surface area (Å²) in [5.41, 5.74) is 8.31. The first-order valence-corrected chi connectivity index (χ1v) is 10.6. The van der Waals surface area contributed by atoms with Crippen LogP contribution in [0.4, 0.5) is 5.69 Å². The molecule has 1 aliphatic rings. The number of nitrogens with zero attached hydrogens (tertiary/aromatic N) is 2. The number of nitrogens with two attached hydrogens (primary N) is 1. The van der Waals surface area contributed by atoms with Gasteiger partial charge in [-0.25, -0.2) is 4.98 Å². The molecule has 0 saturated carbocycles. The highest BCUT2D eigenvalue weighted by atomic mass is 16.5. The van der Waals surface area contributed by atoms with Crippen LogP contribution in [0.5, 0.6) is 11.6 Å². The Morgan fingerprint density at radius 1 is 1.15 bits per heavy atom. The summed E-state index contributed by atoms with van der Waals surface area (Å²) >= 11 is 0. The molecular weight excluding hydrogens is 420 g/mol. The molecule has 1 unspecified atom stereocenters. The van der Waals surface area contributed by atoms with Crippen molar-refractivity contribution in [3.63, 3.8) is 0 Å². The molecule has 168 valence electrons. The molecule has 4 rings (SSSR count). The number of carbonyl (C=O) groups excluding carboxylic acids is 3. The minimum Gasteiger partial charge on any atom is -0.439 e. The summed E-state index contributed by atoms with van der Waals surface area (Å²) in [6.07, 6.45) is 1.66. The van der Waals surface area contributed by atoms with Crippen molar-refractivity contribution in [2.24, 2.45) is 11.7 Å². The molecule has 8 heteroatoms. The average Bonchev–Trinajstić information content (AvgIpc) is 3.17. The summed E-state index contributed by atoms with van der Waals surface area (Å²) in [6, 6.07) is 17.7. The minimum absolute atomic E-state index is 0.0317. The third-order valence-electron chi connectivity index (χ3n) is 5.42. The van der Waals surface area contributed by atoms with Crippen molar-refractivity contribution < 1.29 is 19.1 Å². The fourth-order valence-corrected chi connectivity index (χ4v) is 3.61. The van der Waals surface area contributed by atoms with Gasteiger partial charge in [0.2, 0.25) is 23.6 Å². The average molecular weight is 444 g/mol. The number of carbonyl (C=O) groups is 3. The van der Waals surface area contributed by atoms with E-state index in [2.05, 4.69) is 10.3 Å². The van der Waals surface area contributed by atoms with Crippen LogP contribution in [0, 0.1) is 12.8 Å². The summed E-state index contributed by atoms with van der Waals surface area (Å²) in [6.45, 7) is 2.89. The third kappa shape index (κ3) is 5.54. The number of amides is 3.